The average molecular weight is 207 g/mol. The normalized spacial score (nSPS) is 15.1. The van der Waals surface area contributed by atoms with Gasteiger partial charge in [0.1, 0.15) is 0 Å². The quantitative estimate of drug-likeness (QED) is 0.607. The minimum atomic E-state index is -0.292. The monoisotopic (exact) mass is 207 g/mol. The van der Waals surface area contributed by atoms with Crippen LogP contribution in [0.15, 0.2) is 0 Å². The van der Waals surface area contributed by atoms with Crippen LogP contribution in [-0.4, -0.2) is 44.6 Å². The maximum absolute atomic E-state index is 11.1. The Labute approximate surface area is 84.4 Å². The maximum atomic E-state index is 11.1. The highest BCUT2D eigenvalue weighted by Gasteiger charge is 2.11. The van der Waals surface area contributed by atoms with Gasteiger partial charge in [-0.15, -0.1) is 0 Å². The van der Waals surface area contributed by atoms with E-state index in [0.717, 1.165) is 0 Å². The van der Waals surface area contributed by atoms with Gasteiger partial charge in [-0.2, -0.15) is 12.6 Å². The van der Waals surface area contributed by atoms with E-state index in [9.17, 15) is 4.79 Å². The molecule has 0 aliphatic carbocycles. The highest BCUT2D eigenvalue weighted by Crippen LogP contribution is 1.93. The smallest absolute Gasteiger partial charge is 0.232 e. The molecule has 1 N–H and O–H groups in total. The first kappa shape index (κ1) is 12.7. The first-order valence-corrected chi connectivity index (χ1v) is 4.61. The van der Waals surface area contributed by atoms with Gasteiger partial charge in [0.2, 0.25) is 5.91 Å². The molecule has 0 aromatic carbocycles. The van der Waals surface area contributed by atoms with Crippen molar-refractivity contribution < 1.29 is 14.3 Å². The third-order valence-electron chi connectivity index (χ3n) is 1.57. The number of methoxy groups -OCH3 is 2. The Morgan fingerprint density at radius 1 is 1.54 bits per heavy atom. The van der Waals surface area contributed by atoms with Crippen molar-refractivity contribution in [1.29, 1.82) is 0 Å². The fourth-order valence-electron chi connectivity index (χ4n) is 0.758. The van der Waals surface area contributed by atoms with E-state index in [-0.39, 0.29) is 17.3 Å². The molecule has 4 nitrogen and oxygen atoms in total. The molecule has 1 amide bonds. The molecule has 13 heavy (non-hydrogen) atoms. The van der Waals surface area contributed by atoms with Gasteiger partial charge in [0.25, 0.3) is 0 Å². The molecule has 0 fully saturated rings. The topological polar surface area (TPSA) is 47.6 Å². The van der Waals surface area contributed by atoms with E-state index in [1.165, 1.54) is 0 Å². The minimum Gasteiger partial charge on any atom is -0.382 e. The third-order valence-corrected chi connectivity index (χ3v) is 1.80. The summed E-state index contributed by atoms with van der Waals surface area (Å²) >= 11 is 3.99. The van der Waals surface area contributed by atoms with Crippen molar-refractivity contribution in [2.75, 3.05) is 27.4 Å². The van der Waals surface area contributed by atoms with Gasteiger partial charge in [0, 0.05) is 20.8 Å². The average Bonchev–Trinajstić information content (AvgIpc) is 2.11. The molecule has 0 bridgehead atoms. The van der Waals surface area contributed by atoms with Crippen LogP contribution in [0.2, 0.25) is 0 Å². The number of ether oxygens (including phenoxy) is 2. The Morgan fingerprint density at radius 2 is 2.15 bits per heavy atom. The van der Waals surface area contributed by atoms with Gasteiger partial charge in [-0.1, -0.05) is 0 Å². The molecule has 78 valence electrons. The minimum absolute atomic E-state index is 0.0958. The van der Waals surface area contributed by atoms with E-state index in [1.807, 2.05) is 0 Å². The largest absolute Gasteiger partial charge is 0.382 e. The van der Waals surface area contributed by atoms with Gasteiger partial charge < -0.3 is 14.8 Å². The SMILES string of the molecule is COCC(CNC(=O)C(C)S)OC. The summed E-state index contributed by atoms with van der Waals surface area (Å²) in [6.45, 7) is 2.64. The molecule has 0 heterocycles. The Bertz CT molecular complexity index is 152. The van der Waals surface area contributed by atoms with Gasteiger partial charge in [-0.3, -0.25) is 4.79 Å². The van der Waals surface area contributed by atoms with Crippen LogP contribution < -0.4 is 5.32 Å². The fourth-order valence-corrected chi connectivity index (χ4v) is 0.850. The first-order valence-electron chi connectivity index (χ1n) is 4.09. The summed E-state index contributed by atoms with van der Waals surface area (Å²) in [5.41, 5.74) is 0. The second-order valence-electron chi connectivity index (χ2n) is 2.73. The lowest BCUT2D eigenvalue weighted by atomic mass is 10.3. The van der Waals surface area contributed by atoms with Crippen molar-refractivity contribution in [3.63, 3.8) is 0 Å². The predicted octanol–water partition coefficient (Wildman–Crippen LogP) is 0.0823. The van der Waals surface area contributed by atoms with Crippen molar-refractivity contribution >= 4 is 18.5 Å². The van der Waals surface area contributed by atoms with E-state index in [1.54, 1.807) is 21.1 Å². The van der Waals surface area contributed by atoms with Crippen molar-refractivity contribution in [1.82, 2.24) is 5.32 Å². The molecule has 0 aliphatic heterocycles. The third kappa shape index (κ3) is 5.90. The van der Waals surface area contributed by atoms with Crippen LogP contribution in [0.5, 0.6) is 0 Å². The van der Waals surface area contributed by atoms with Crippen molar-refractivity contribution in [2.45, 2.75) is 18.3 Å². The lowest BCUT2D eigenvalue weighted by Crippen LogP contribution is -2.38. The number of hydrogen-bond donors (Lipinski definition) is 2. The van der Waals surface area contributed by atoms with E-state index in [0.29, 0.717) is 13.2 Å². The molecular formula is C8H17NO3S. The summed E-state index contributed by atoms with van der Waals surface area (Å²) < 4.78 is 9.95. The zero-order valence-electron chi connectivity index (χ0n) is 8.24. The van der Waals surface area contributed by atoms with Crippen LogP contribution >= 0.6 is 12.6 Å². The maximum Gasteiger partial charge on any atom is 0.232 e. The van der Waals surface area contributed by atoms with Crippen LogP contribution in [0.1, 0.15) is 6.92 Å². The standard InChI is InChI=1S/C8H17NO3S/c1-6(13)8(10)9-4-7(12-3)5-11-2/h6-7,13H,4-5H2,1-3H3,(H,9,10). The summed E-state index contributed by atoms with van der Waals surface area (Å²) in [6, 6.07) is 0. The Hall–Kier alpha value is -0.260. The molecule has 2 atom stereocenters. The highest BCUT2D eigenvalue weighted by atomic mass is 32.1. The molecule has 5 heteroatoms. The molecule has 0 radical (unpaired) electrons. The van der Waals surface area contributed by atoms with Crippen molar-refractivity contribution in [3.05, 3.63) is 0 Å². The number of carbonyl (C=O) groups is 1. The molecule has 0 spiro atoms. The van der Waals surface area contributed by atoms with Crippen LogP contribution in [0.25, 0.3) is 0 Å². The van der Waals surface area contributed by atoms with E-state index in [4.69, 9.17) is 9.47 Å². The van der Waals surface area contributed by atoms with Crippen LogP contribution in [-0.2, 0) is 14.3 Å². The first-order chi connectivity index (χ1) is 6.11. The van der Waals surface area contributed by atoms with Crippen molar-refractivity contribution in [2.24, 2.45) is 0 Å². The fraction of sp³-hybridized carbons (Fsp3) is 0.875. The number of nitrogens with one attached hydrogen (secondary N) is 1. The van der Waals surface area contributed by atoms with Gasteiger partial charge in [0.05, 0.1) is 18.0 Å². The summed E-state index contributed by atoms with van der Waals surface area (Å²) in [6.07, 6.45) is -0.0963. The molecule has 0 aromatic heterocycles. The molecule has 0 rings (SSSR count). The summed E-state index contributed by atoms with van der Waals surface area (Å²) in [5.74, 6) is -0.0958. The summed E-state index contributed by atoms with van der Waals surface area (Å²) in [4.78, 5) is 11.1. The summed E-state index contributed by atoms with van der Waals surface area (Å²) in [7, 11) is 3.18. The lowest BCUT2D eigenvalue weighted by Gasteiger charge is -2.15. The molecule has 0 aliphatic rings. The second kappa shape index (κ2) is 7.17. The number of hydrogen-bond acceptors (Lipinski definition) is 4. The zero-order valence-corrected chi connectivity index (χ0v) is 9.14. The molecule has 0 saturated carbocycles. The molecular weight excluding hydrogens is 190 g/mol. The van der Waals surface area contributed by atoms with Gasteiger partial charge >= 0.3 is 0 Å². The molecule has 2 unspecified atom stereocenters. The molecule has 0 saturated heterocycles. The Balaban J connectivity index is 3.65. The predicted molar refractivity (Wildman–Crippen MR) is 54.1 cm³/mol. The van der Waals surface area contributed by atoms with Gasteiger partial charge in [0.15, 0.2) is 0 Å². The van der Waals surface area contributed by atoms with Crippen LogP contribution in [0, 0.1) is 0 Å². The number of carbonyl (C=O) groups excluding carboxylic acids is 1. The lowest BCUT2D eigenvalue weighted by molar-refractivity contribution is -0.121. The van der Waals surface area contributed by atoms with Crippen molar-refractivity contribution in [3.8, 4) is 0 Å². The molecule has 0 aromatic rings. The van der Waals surface area contributed by atoms with Gasteiger partial charge in [-0.25, -0.2) is 0 Å². The summed E-state index contributed by atoms with van der Waals surface area (Å²) in [5, 5.41) is 2.41. The zero-order chi connectivity index (χ0) is 10.3. The Kier molecular flexibility index (Phi) is 7.03. The Morgan fingerprint density at radius 3 is 2.54 bits per heavy atom. The van der Waals surface area contributed by atoms with E-state index in [2.05, 4.69) is 17.9 Å². The number of thiol groups is 1. The van der Waals surface area contributed by atoms with E-state index < -0.39 is 0 Å². The number of amides is 1. The van der Waals surface area contributed by atoms with Crippen LogP contribution in [0.4, 0.5) is 0 Å². The highest BCUT2D eigenvalue weighted by molar-refractivity contribution is 7.81. The van der Waals surface area contributed by atoms with Gasteiger partial charge in [-0.05, 0) is 6.92 Å². The second-order valence-corrected chi connectivity index (χ2v) is 3.51. The van der Waals surface area contributed by atoms with E-state index >= 15 is 0 Å². The number of rotatable bonds is 6. The van der Waals surface area contributed by atoms with Crippen LogP contribution in [0.3, 0.4) is 0 Å².